The first-order chi connectivity index (χ1) is 18.0. The van der Waals surface area contributed by atoms with Crippen molar-refractivity contribution in [2.24, 2.45) is 0 Å². The summed E-state index contributed by atoms with van der Waals surface area (Å²) in [6.45, 7) is 0. The van der Waals surface area contributed by atoms with E-state index >= 15 is 0 Å². The SMILES string of the molecule is N#Cc1ccc(C(F)(F)C(F)(F)C(F)(F)C(F)(F)C(F)(F)C(F)(F)C(F)(F)C(F)(F)C(F)(F)C(F)(F)C(F)(F)F)cc1. The van der Waals surface area contributed by atoms with E-state index in [9.17, 15) is 101 Å². The van der Waals surface area contributed by atoms with Gasteiger partial charge in [-0.15, -0.1) is 0 Å². The van der Waals surface area contributed by atoms with Crippen LogP contribution in [0.25, 0.3) is 0 Å². The molecule has 24 heteroatoms. The number of hydrogen-bond acceptors (Lipinski definition) is 1. The molecule has 1 nitrogen and oxygen atoms in total. The van der Waals surface area contributed by atoms with Crippen molar-refractivity contribution in [2.75, 3.05) is 0 Å². The Bertz CT molecular complexity index is 1180. The maximum atomic E-state index is 14.1. The zero-order chi connectivity index (χ0) is 34.2. The van der Waals surface area contributed by atoms with Crippen molar-refractivity contribution < 1.29 is 101 Å². The van der Waals surface area contributed by atoms with Crippen LogP contribution in [0, 0.1) is 11.3 Å². The minimum absolute atomic E-state index is 0.0674. The Kier molecular flexibility index (Phi) is 8.44. The smallest absolute Gasteiger partial charge is 0.194 e. The van der Waals surface area contributed by atoms with Gasteiger partial charge in [0.2, 0.25) is 0 Å². The standard InChI is InChI=1S/C18H4F23N/c19-8(20,7-3-1-6(5-42)2-4-7)9(21,22)10(23,24)11(25,26)12(27,28)13(29,30)14(31,32)15(33,34)16(35,36)17(37,38)18(39,40)41/h1-4H. The van der Waals surface area contributed by atoms with Crippen LogP contribution in [0.2, 0.25) is 0 Å². The Morgan fingerprint density at radius 3 is 0.833 bits per heavy atom. The third kappa shape index (κ3) is 4.38. The second kappa shape index (κ2) is 9.55. The van der Waals surface area contributed by atoms with E-state index < -0.39 is 88.7 Å². The van der Waals surface area contributed by atoms with Gasteiger partial charge in [0, 0.05) is 5.56 Å². The van der Waals surface area contributed by atoms with Crippen molar-refractivity contribution >= 4 is 0 Å². The number of benzene rings is 1. The lowest BCUT2D eigenvalue weighted by Gasteiger charge is -2.45. The summed E-state index contributed by atoms with van der Waals surface area (Å²) in [7, 11) is 0. The van der Waals surface area contributed by atoms with Gasteiger partial charge < -0.3 is 0 Å². The molecule has 1 rings (SSSR count). The predicted octanol–water partition coefficient (Wildman–Crippen LogP) is 8.93. The molecule has 0 N–H and O–H groups in total. The maximum absolute atomic E-state index is 14.1. The fourth-order valence-electron chi connectivity index (χ4n) is 2.69. The van der Waals surface area contributed by atoms with Gasteiger partial charge in [-0.05, 0) is 12.1 Å². The van der Waals surface area contributed by atoms with Crippen LogP contribution in [0.5, 0.6) is 0 Å². The second-order valence-corrected chi connectivity index (χ2v) is 7.93. The highest BCUT2D eigenvalue weighted by molar-refractivity contribution is 5.35. The molecule has 0 aromatic heterocycles. The van der Waals surface area contributed by atoms with Gasteiger partial charge >= 0.3 is 65.4 Å². The van der Waals surface area contributed by atoms with E-state index in [2.05, 4.69) is 0 Å². The van der Waals surface area contributed by atoms with Crippen molar-refractivity contribution in [3.8, 4) is 6.07 Å². The summed E-state index contributed by atoms with van der Waals surface area (Å²) in [5.74, 6) is -88.1. The third-order valence-corrected chi connectivity index (χ3v) is 5.28. The van der Waals surface area contributed by atoms with E-state index in [0.29, 0.717) is 0 Å². The summed E-state index contributed by atoms with van der Waals surface area (Å²) in [5, 5.41) is 8.43. The number of hydrogen-bond donors (Lipinski definition) is 0. The Morgan fingerprint density at radius 2 is 0.595 bits per heavy atom. The van der Waals surface area contributed by atoms with Crippen LogP contribution in [-0.2, 0) is 5.92 Å². The number of rotatable bonds is 10. The van der Waals surface area contributed by atoms with Crippen LogP contribution in [0.3, 0.4) is 0 Å². The molecular weight excluding hydrogens is 667 g/mol. The molecule has 0 saturated carbocycles. The van der Waals surface area contributed by atoms with Gasteiger partial charge in [-0.25, -0.2) is 0 Å². The lowest BCUT2D eigenvalue weighted by atomic mass is 9.84. The first kappa shape index (κ1) is 37.1. The molecule has 0 saturated heterocycles. The molecule has 0 aliphatic carbocycles. The lowest BCUT2D eigenvalue weighted by molar-refractivity contribution is -0.479. The lowest BCUT2D eigenvalue weighted by Crippen LogP contribution is -2.77. The van der Waals surface area contributed by atoms with Gasteiger partial charge in [-0.2, -0.15) is 106 Å². The molecule has 0 bridgehead atoms. The fourth-order valence-corrected chi connectivity index (χ4v) is 2.69. The van der Waals surface area contributed by atoms with Crippen LogP contribution in [-0.4, -0.2) is 59.5 Å². The molecule has 0 amide bonds. The van der Waals surface area contributed by atoms with E-state index in [1.807, 2.05) is 0 Å². The van der Waals surface area contributed by atoms with Crippen molar-refractivity contribution in [2.45, 2.75) is 65.4 Å². The minimum atomic E-state index is -9.43. The van der Waals surface area contributed by atoms with E-state index in [4.69, 9.17) is 5.26 Å². The Morgan fingerprint density at radius 1 is 0.357 bits per heavy atom. The van der Waals surface area contributed by atoms with Crippen LogP contribution < -0.4 is 0 Å². The molecule has 0 radical (unpaired) electrons. The van der Waals surface area contributed by atoms with Crippen molar-refractivity contribution in [3.63, 3.8) is 0 Å². The average molecular weight is 671 g/mol. The molecule has 42 heavy (non-hydrogen) atoms. The summed E-state index contributed by atoms with van der Waals surface area (Å²) in [6, 6.07) is 0.367. The van der Waals surface area contributed by atoms with Gasteiger partial charge in [-0.1, -0.05) is 12.1 Å². The first-order valence-electron chi connectivity index (χ1n) is 9.39. The molecule has 242 valence electrons. The van der Waals surface area contributed by atoms with Crippen LogP contribution in [0.15, 0.2) is 24.3 Å². The van der Waals surface area contributed by atoms with Crippen LogP contribution >= 0.6 is 0 Å². The molecule has 1 aromatic carbocycles. The normalized spacial score (nSPS) is 16.0. The van der Waals surface area contributed by atoms with E-state index in [1.54, 1.807) is 0 Å². The number of nitriles is 1. The number of halogens is 23. The van der Waals surface area contributed by atoms with E-state index in [0.717, 1.165) is 6.07 Å². The fraction of sp³-hybridized carbons (Fsp3) is 0.611. The third-order valence-electron chi connectivity index (χ3n) is 5.28. The highest BCUT2D eigenvalue weighted by atomic mass is 19.4. The Balaban J connectivity index is 3.86. The maximum Gasteiger partial charge on any atom is 0.460 e. The van der Waals surface area contributed by atoms with Gasteiger partial charge in [0.1, 0.15) is 0 Å². The van der Waals surface area contributed by atoms with Crippen molar-refractivity contribution in [1.82, 2.24) is 0 Å². The minimum Gasteiger partial charge on any atom is -0.194 e. The van der Waals surface area contributed by atoms with E-state index in [1.165, 1.54) is 0 Å². The van der Waals surface area contributed by atoms with Gasteiger partial charge in [0.05, 0.1) is 11.6 Å². The first-order valence-corrected chi connectivity index (χ1v) is 9.39. The highest BCUT2D eigenvalue weighted by Crippen LogP contribution is 2.67. The van der Waals surface area contributed by atoms with E-state index in [-0.39, 0.29) is 12.1 Å². The summed E-state index contributed by atoms with van der Waals surface area (Å²) in [6.07, 6.45) is -8.11. The van der Waals surface area contributed by atoms with Gasteiger partial charge in [0.25, 0.3) is 0 Å². The molecular formula is C18H4F23N. The molecule has 0 aliphatic heterocycles. The zero-order valence-corrected chi connectivity index (χ0v) is 18.4. The van der Waals surface area contributed by atoms with Crippen LogP contribution in [0.1, 0.15) is 11.1 Å². The van der Waals surface area contributed by atoms with Gasteiger partial charge in [-0.3, -0.25) is 0 Å². The van der Waals surface area contributed by atoms with Gasteiger partial charge in [0.15, 0.2) is 0 Å². The number of nitrogens with zero attached hydrogens (tertiary/aromatic N) is 1. The quantitative estimate of drug-likeness (QED) is 0.228. The summed E-state index contributed by atoms with van der Waals surface area (Å²) >= 11 is 0. The monoisotopic (exact) mass is 671 g/mol. The molecule has 0 spiro atoms. The largest absolute Gasteiger partial charge is 0.460 e. The predicted molar refractivity (Wildman–Crippen MR) is 85.6 cm³/mol. The highest BCUT2D eigenvalue weighted by Gasteiger charge is 2.98. The Hall–Kier alpha value is -2.90. The summed E-state index contributed by atoms with van der Waals surface area (Å²) in [5.41, 5.74) is -3.35. The number of alkyl halides is 23. The topological polar surface area (TPSA) is 23.8 Å². The summed E-state index contributed by atoms with van der Waals surface area (Å²) < 4.78 is 308. The molecule has 1 aromatic rings. The zero-order valence-electron chi connectivity index (χ0n) is 18.4. The summed E-state index contributed by atoms with van der Waals surface area (Å²) in [4.78, 5) is 0. The second-order valence-electron chi connectivity index (χ2n) is 7.93. The van der Waals surface area contributed by atoms with Crippen LogP contribution in [0.4, 0.5) is 101 Å². The molecule has 0 fully saturated rings. The molecule has 0 aliphatic rings. The molecule has 0 heterocycles. The van der Waals surface area contributed by atoms with Crippen molar-refractivity contribution in [1.29, 1.82) is 5.26 Å². The molecule has 0 unspecified atom stereocenters. The molecule has 0 atom stereocenters. The Labute approximate surface area is 214 Å². The van der Waals surface area contributed by atoms with Crippen molar-refractivity contribution in [3.05, 3.63) is 35.4 Å². The average Bonchev–Trinajstić information content (AvgIpc) is 2.82.